The van der Waals surface area contributed by atoms with Gasteiger partial charge >= 0.3 is 0 Å². The molecule has 1 aromatic rings. The Hall–Kier alpha value is -1.59. The average molecular weight is 294 g/mol. The van der Waals surface area contributed by atoms with E-state index in [0.29, 0.717) is 18.8 Å². The molecular formula is C16H26N2O3. The highest BCUT2D eigenvalue weighted by molar-refractivity contribution is 5.77. The van der Waals surface area contributed by atoms with Gasteiger partial charge in [0.25, 0.3) is 5.91 Å². The smallest absolute Gasteiger partial charge is 0.259 e. The van der Waals surface area contributed by atoms with E-state index >= 15 is 0 Å². The zero-order valence-electron chi connectivity index (χ0n) is 13.6. The predicted molar refractivity (Wildman–Crippen MR) is 83.3 cm³/mol. The van der Waals surface area contributed by atoms with Crippen LogP contribution in [-0.4, -0.2) is 60.7 Å². The van der Waals surface area contributed by atoms with Crippen molar-refractivity contribution < 1.29 is 14.6 Å². The van der Waals surface area contributed by atoms with Gasteiger partial charge in [0.05, 0.1) is 5.60 Å². The van der Waals surface area contributed by atoms with Crippen LogP contribution in [0.4, 0.5) is 0 Å². The largest absolute Gasteiger partial charge is 0.483 e. The zero-order valence-corrected chi connectivity index (χ0v) is 13.6. The number of hydrogen-bond donors (Lipinski definition) is 1. The molecule has 5 heteroatoms. The highest BCUT2D eigenvalue weighted by atomic mass is 16.5. The van der Waals surface area contributed by atoms with E-state index in [9.17, 15) is 9.90 Å². The normalized spacial score (nSPS) is 11.6. The first-order valence-corrected chi connectivity index (χ1v) is 7.01. The van der Waals surface area contributed by atoms with E-state index in [2.05, 4.69) is 0 Å². The summed E-state index contributed by atoms with van der Waals surface area (Å²) >= 11 is 0. The molecule has 1 N–H and O–H groups in total. The molecule has 1 aromatic carbocycles. The summed E-state index contributed by atoms with van der Waals surface area (Å²) in [5, 5.41) is 9.85. The number of likely N-dealkylation sites (N-methyl/N-ethyl adjacent to an activating group) is 2. The maximum absolute atomic E-state index is 11.6. The number of aliphatic hydroxyl groups is 1. The fraction of sp³-hybridized carbons (Fsp3) is 0.562. The van der Waals surface area contributed by atoms with Gasteiger partial charge in [-0.15, -0.1) is 0 Å². The second-order valence-electron chi connectivity index (χ2n) is 6.17. The van der Waals surface area contributed by atoms with Crippen LogP contribution in [0.2, 0.25) is 0 Å². The minimum Gasteiger partial charge on any atom is -0.483 e. The van der Waals surface area contributed by atoms with Crippen molar-refractivity contribution in [1.29, 1.82) is 0 Å². The van der Waals surface area contributed by atoms with E-state index in [1.807, 2.05) is 36.2 Å². The lowest BCUT2D eigenvalue weighted by atomic mass is 10.1. The molecule has 5 nitrogen and oxygen atoms in total. The highest BCUT2D eigenvalue weighted by Crippen LogP contribution is 2.20. The minimum atomic E-state index is -0.745. The molecule has 0 bridgehead atoms. The van der Waals surface area contributed by atoms with Gasteiger partial charge in [-0.1, -0.05) is 18.2 Å². The van der Waals surface area contributed by atoms with Gasteiger partial charge in [0.15, 0.2) is 6.61 Å². The first kappa shape index (κ1) is 17.5. The Morgan fingerprint density at radius 3 is 2.43 bits per heavy atom. The number of benzene rings is 1. The Kier molecular flexibility index (Phi) is 6.18. The summed E-state index contributed by atoms with van der Waals surface area (Å²) in [5.41, 5.74) is 0.252. The summed E-state index contributed by atoms with van der Waals surface area (Å²) in [7, 11) is 5.35. The molecule has 0 unspecified atom stereocenters. The molecule has 0 atom stereocenters. The van der Waals surface area contributed by atoms with Crippen LogP contribution >= 0.6 is 0 Å². The SMILES string of the molecule is CN(Cc1ccccc1OCC(=O)N(C)C)CC(C)(C)O. The Labute approximate surface area is 127 Å². The highest BCUT2D eigenvalue weighted by Gasteiger charge is 2.17. The molecule has 0 saturated heterocycles. The minimum absolute atomic E-state index is 0.0270. The van der Waals surface area contributed by atoms with Crippen molar-refractivity contribution in [2.75, 3.05) is 34.3 Å². The van der Waals surface area contributed by atoms with Crippen molar-refractivity contribution in [3.05, 3.63) is 29.8 Å². The lowest BCUT2D eigenvalue weighted by Gasteiger charge is -2.26. The van der Waals surface area contributed by atoms with Crippen LogP contribution in [0, 0.1) is 0 Å². The van der Waals surface area contributed by atoms with Gasteiger partial charge in [-0.25, -0.2) is 0 Å². The van der Waals surface area contributed by atoms with Crippen LogP contribution in [0.5, 0.6) is 5.75 Å². The average Bonchev–Trinajstić information content (AvgIpc) is 2.34. The molecular weight excluding hydrogens is 268 g/mol. The van der Waals surface area contributed by atoms with Crippen molar-refractivity contribution in [2.45, 2.75) is 26.0 Å². The van der Waals surface area contributed by atoms with Crippen LogP contribution < -0.4 is 4.74 Å². The van der Waals surface area contributed by atoms with E-state index in [1.54, 1.807) is 27.9 Å². The van der Waals surface area contributed by atoms with Crippen molar-refractivity contribution in [3.63, 3.8) is 0 Å². The quantitative estimate of drug-likeness (QED) is 0.825. The van der Waals surface area contributed by atoms with Crippen LogP contribution in [0.3, 0.4) is 0 Å². The number of carbonyl (C=O) groups is 1. The molecule has 0 spiro atoms. The van der Waals surface area contributed by atoms with Crippen LogP contribution in [0.1, 0.15) is 19.4 Å². The third-order valence-corrected chi connectivity index (χ3v) is 2.92. The Morgan fingerprint density at radius 1 is 1.24 bits per heavy atom. The number of rotatable bonds is 7. The van der Waals surface area contributed by atoms with Crippen molar-refractivity contribution >= 4 is 5.91 Å². The Bertz CT molecular complexity index is 467. The predicted octanol–water partition coefficient (Wildman–Crippen LogP) is 1.36. The zero-order chi connectivity index (χ0) is 16.0. The first-order chi connectivity index (χ1) is 9.69. The lowest BCUT2D eigenvalue weighted by molar-refractivity contribution is -0.130. The Morgan fingerprint density at radius 2 is 1.86 bits per heavy atom. The second kappa shape index (κ2) is 7.43. The lowest BCUT2D eigenvalue weighted by Crippen LogP contribution is -2.36. The van der Waals surface area contributed by atoms with E-state index < -0.39 is 5.60 Å². The van der Waals surface area contributed by atoms with E-state index in [4.69, 9.17) is 4.74 Å². The standard InChI is InChI=1S/C16H26N2O3/c1-16(2,20)12-18(5)10-13-8-6-7-9-14(13)21-11-15(19)17(3)4/h6-9,20H,10-12H2,1-5H3. The first-order valence-electron chi connectivity index (χ1n) is 7.01. The third kappa shape index (κ3) is 6.60. The summed E-state index contributed by atoms with van der Waals surface area (Å²) in [4.78, 5) is 15.1. The number of ether oxygens (including phenoxy) is 1. The number of hydrogen-bond acceptors (Lipinski definition) is 4. The molecule has 0 aliphatic rings. The molecule has 0 aliphatic heterocycles. The monoisotopic (exact) mass is 294 g/mol. The number of nitrogens with zero attached hydrogens (tertiary/aromatic N) is 2. The molecule has 0 aliphatic carbocycles. The van der Waals surface area contributed by atoms with Gasteiger partial charge in [0.1, 0.15) is 5.75 Å². The van der Waals surface area contributed by atoms with Gasteiger partial charge < -0.3 is 14.7 Å². The molecule has 0 aromatic heterocycles. The molecule has 1 rings (SSSR count). The molecule has 21 heavy (non-hydrogen) atoms. The molecule has 118 valence electrons. The number of carbonyl (C=O) groups excluding carboxylic acids is 1. The Balaban J connectivity index is 2.69. The summed E-state index contributed by atoms with van der Waals surface area (Å²) in [6, 6.07) is 7.65. The fourth-order valence-electron chi connectivity index (χ4n) is 2.05. The van der Waals surface area contributed by atoms with Crippen molar-refractivity contribution in [2.24, 2.45) is 0 Å². The van der Waals surface area contributed by atoms with Gasteiger partial charge in [-0.05, 0) is 27.0 Å². The summed E-state index contributed by atoms with van der Waals surface area (Å²) in [5.74, 6) is 0.630. The molecule has 0 radical (unpaired) electrons. The van der Waals surface area contributed by atoms with Gasteiger partial charge in [0, 0.05) is 32.7 Å². The van der Waals surface area contributed by atoms with Gasteiger partial charge in [0.2, 0.25) is 0 Å². The van der Waals surface area contributed by atoms with Gasteiger partial charge in [-0.2, -0.15) is 0 Å². The topological polar surface area (TPSA) is 53.0 Å². The second-order valence-corrected chi connectivity index (χ2v) is 6.17. The van der Waals surface area contributed by atoms with Crippen LogP contribution in [0.25, 0.3) is 0 Å². The molecule has 0 saturated carbocycles. The molecule has 1 amide bonds. The van der Waals surface area contributed by atoms with E-state index in [0.717, 1.165) is 5.56 Å². The summed E-state index contributed by atoms with van der Waals surface area (Å²) in [6.07, 6.45) is 0. The maximum Gasteiger partial charge on any atom is 0.259 e. The molecule has 0 fully saturated rings. The number of para-hydroxylation sites is 1. The fourth-order valence-corrected chi connectivity index (χ4v) is 2.05. The van der Waals surface area contributed by atoms with Crippen LogP contribution in [0.15, 0.2) is 24.3 Å². The van der Waals surface area contributed by atoms with E-state index in [-0.39, 0.29) is 12.5 Å². The summed E-state index contributed by atoms with van der Waals surface area (Å²) in [6.45, 7) is 4.79. The van der Waals surface area contributed by atoms with E-state index in [1.165, 1.54) is 4.90 Å². The van der Waals surface area contributed by atoms with Gasteiger partial charge in [-0.3, -0.25) is 9.69 Å². The number of amides is 1. The van der Waals surface area contributed by atoms with Crippen LogP contribution in [-0.2, 0) is 11.3 Å². The van der Waals surface area contributed by atoms with Crippen molar-refractivity contribution in [3.8, 4) is 5.75 Å². The third-order valence-electron chi connectivity index (χ3n) is 2.92. The molecule has 0 heterocycles. The maximum atomic E-state index is 11.6. The summed E-state index contributed by atoms with van der Waals surface area (Å²) < 4.78 is 5.61. The van der Waals surface area contributed by atoms with Crippen molar-refractivity contribution in [1.82, 2.24) is 9.80 Å².